The number of hydrogen-bond donors (Lipinski definition) is 2. The molecule has 0 spiro atoms. The molecule has 4 heteroatoms. The van der Waals surface area contributed by atoms with Crippen LogP contribution >= 0.6 is 0 Å². The van der Waals surface area contributed by atoms with Crippen LogP contribution < -0.4 is 10.6 Å². The molecular weight excluding hydrogens is 262 g/mol. The number of aryl methyl sites for hydroxylation is 1. The Morgan fingerprint density at radius 1 is 1.24 bits per heavy atom. The molecule has 0 aliphatic heterocycles. The number of rotatable bonds is 6. The summed E-state index contributed by atoms with van der Waals surface area (Å²) in [6, 6.07) is 11.8. The van der Waals surface area contributed by atoms with Crippen LogP contribution in [0.2, 0.25) is 0 Å². The number of aromatic nitrogens is 1. The zero-order chi connectivity index (χ0) is 15.1. The highest BCUT2D eigenvalue weighted by Crippen LogP contribution is 2.17. The van der Waals surface area contributed by atoms with E-state index in [1.807, 2.05) is 18.2 Å². The lowest BCUT2D eigenvalue weighted by Crippen LogP contribution is -2.24. The van der Waals surface area contributed by atoms with Gasteiger partial charge in [0.05, 0.1) is 0 Å². The smallest absolute Gasteiger partial charge is 0.270 e. The Morgan fingerprint density at radius 2 is 2.00 bits per heavy atom. The van der Waals surface area contributed by atoms with Crippen LogP contribution in [0.3, 0.4) is 0 Å². The van der Waals surface area contributed by atoms with Crippen molar-refractivity contribution < 1.29 is 4.79 Å². The minimum Gasteiger partial charge on any atom is -0.355 e. The van der Waals surface area contributed by atoms with Crippen molar-refractivity contribution in [1.82, 2.24) is 10.3 Å². The van der Waals surface area contributed by atoms with Crippen molar-refractivity contribution >= 4 is 17.3 Å². The van der Waals surface area contributed by atoms with E-state index in [-0.39, 0.29) is 5.91 Å². The van der Waals surface area contributed by atoms with Crippen LogP contribution in [0.15, 0.2) is 55.3 Å². The van der Waals surface area contributed by atoms with Gasteiger partial charge < -0.3 is 10.6 Å². The van der Waals surface area contributed by atoms with Crippen molar-refractivity contribution in [3.8, 4) is 0 Å². The van der Waals surface area contributed by atoms with Crippen molar-refractivity contribution in [3.63, 3.8) is 0 Å². The number of amides is 1. The van der Waals surface area contributed by atoms with Crippen LogP contribution in [0.25, 0.3) is 0 Å². The summed E-state index contributed by atoms with van der Waals surface area (Å²) in [6.45, 7) is 6.12. The first-order chi connectivity index (χ1) is 10.2. The Labute approximate surface area is 124 Å². The first-order valence-electron chi connectivity index (χ1n) is 6.94. The van der Waals surface area contributed by atoms with Gasteiger partial charge in [-0.05, 0) is 36.2 Å². The summed E-state index contributed by atoms with van der Waals surface area (Å²) in [5, 5.41) is 5.97. The maximum Gasteiger partial charge on any atom is 0.270 e. The highest BCUT2D eigenvalue weighted by Gasteiger charge is 2.06. The van der Waals surface area contributed by atoms with Crippen LogP contribution in [0.1, 0.15) is 23.0 Å². The molecular formula is C17H19N3O. The number of carbonyl (C=O) groups is 1. The molecule has 0 aliphatic carbocycles. The lowest BCUT2D eigenvalue weighted by molar-refractivity contribution is 0.0953. The van der Waals surface area contributed by atoms with Gasteiger partial charge in [-0.3, -0.25) is 9.78 Å². The topological polar surface area (TPSA) is 54.0 Å². The Balaban J connectivity index is 2.09. The van der Waals surface area contributed by atoms with Gasteiger partial charge in [-0.2, -0.15) is 0 Å². The molecule has 1 heterocycles. The first kappa shape index (κ1) is 14.8. The van der Waals surface area contributed by atoms with E-state index >= 15 is 0 Å². The molecule has 0 atom stereocenters. The van der Waals surface area contributed by atoms with Crippen LogP contribution in [0.5, 0.6) is 0 Å². The van der Waals surface area contributed by atoms with Gasteiger partial charge in [0, 0.05) is 24.1 Å². The average molecular weight is 281 g/mol. The number of benzene rings is 1. The van der Waals surface area contributed by atoms with Crippen LogP contribution in [0.4, 0.5) is 11.4 Å². The fourth-order valence-corrected chi connectivity index (χ4v) is 1.88. The summed E-state index contributed by atoms with van der Waals surface area (Å²) in [6.07, 6.45) is 4.27. The van der Waals surface area contributed by atoms with Gasteiger partial charge in [-0.15, -0.1) is 6.58 Å². The number of nitrogens with one attached hydrogen (secondary N) is 2. The summed E-state index contributed by atoms with van der Waals surface area (Å²) in [7, 11) is 0. The minimum absolute atomic E-state index is 0.208. The van der Waals surface area contributed by atoms with Crippen molar-refractivity contribution in [3.05, 3.63) is 66.5 Å². The molecule has 0 saturated heterocycles. The number of hydrogen-bond acceptors (Lipinski definition) is 3. The molecule has 1 amide bonds. The summed E-state index contributed by atoms with van der Waals surface area (Å²) in [4.78, 5) is 15.9. The largest absolute Gasteiger partial charge is 0.355 e. The van der Waals surface area contributed by atoms with E-state index in [9.17, 15) is 4.79 Å². The van der Waals surface area contributed by atoms with E-state index in [1.54, 1.807) is 18.3 Å². The van der Waals surface area contributed by atoms with E-state index in [0.717, 1.165) is 17.8 Å². The van der Waals surface area contributed by atoms with Crippen LogP contribution in [-0.4, -0.2) is 17.4 Å². The van der Waals surface area contributed by atoms with E-state index in [1.165, 1.54) is 5.56 Å². The standard InChI is InChI=1S/C17H19N3O/c1-3-10-19-17(21)16-12-15(9-11-18-16)20-14-7-5-13(4-2)6-8-14/h3,5-9,11-12H,1,4,10H2,2H3,(H,18,20)(H,19,21). The Morgan fingerprint density at radius 3 is 2.67 bits per heavy atom. The Kier molecular flexibility index (Phi) is 5.10. The van der Waals surface area contributed by atoms with Crippen molar-refractivity contribution in [2.24, 2.45) is 0 Å². The highest BCUT2D eigenvalue weighted by molar-refractivity contribution is 5.93. The third-order valence-corrected chi connectivity index (χ3v) is 3.05. The second kappa shape index (κ2) is 7.24. The van der Waals surface area contributed by atoms with Gasteiger partial charge in [0.25, 0.3) is 5.91 Å². The van der Waals surface area contributed by atoms with Crippen LogP contribution in [-0.2, 0) is 6.42 Å². The fourth-order valence-electron chi connectivity index (χ4n) is 1.88. The van der Waals surface area contributed by atoms with E-state index in [0.29, 0.717) is 12.2 Å². The second-order valence-electron chi connectivity index (χ2n) is 4.60. The van der Waals surface area contributed by atoms with E-state index in [2.05, 4.69) is 41.3 Å². The molecule has 1 aromatic carbocycles. The minimum atomic E-state index is -0.208. The van der Waals surface area contributed by atoms with Gasteiger partial charge >= 0.3 is 0 Å². The Bertz CT molecular complexity index is 620. The number of pyridine rings is 1. The molecule has 21 heavy (non-hydrogen) atoms. The zero-order valence-electron chi connectivity index (χ0n) is 12.1. The summed E-state index contributed by atoms with van der Waals surface area (Å²) in [5.74, 6) is -0.208. The van der Waals surface area contributed by atoms with Gasteiger partial charge in [-0.1, -0.05) is 25.1 Å². The Hall–Kier alpha value is -2.62. The summed E-state index contributed by atoms with van der Waals surface area (Å²) in [5.41, 5.74) is 3.49. The van der Waals surface area contributed by atoms with Crippen molar-refractivity contribution in [2.45, 2.75) is 13.3 Å². The molecule has 0 aliphatic rings. The molecule has 108 valence electrons. The van der Waals surface area contributed by atoms with Gasteiger partial charge in [0.1, 0.15) is 5.69 Å². The second-order valence-corrected chi connectivity index (χ2v) is 4.60. The number of anilines is 2. The fraction of sp³-hybridized carbons (Fsp3) is 0.176. The normalized spacial score (nSPS) is 9.95. The quantitative estimate of drug-likeness (QED) is 0.799. The van der Waals surface area contributed by atoms with Gasteiger partial charge in [-0.25, -0.2) is 0 Å². The summed E-state index contributed by atoms with van der Waals surface area (Å²) < 4.78 is 0. The van der Waals surface area contributed by atoms with Crippen LogP contribution in [0, 0.1) is 0 Å². The SMILES string of the molecule is C=CCNC(=O)c1cc(Nc2ccc(CC)cc2)ccn1. The maximum atomic E-state index is 11.8. The average Bonchev–Trinajstić information content (AvgIpc) is 2.53. The number of nitrogens with zero attached hydrogens (tertiary/aromatic N) is 1. The lowest BCUT2D eigenvalue weighted by Gasteiger charge is -2.08. The molecule has 0 bridgehead atoms. The van der Waals surface area contributed by atoms with Crippen molar-refractivity contribution in [1.29, 1.82) is 0 Å². The third kappa shape index (κ3) is 4.18. The maximum absolute atomic E-state index is 11.8. The van der Waals surface area contributed by atoms with Gasteiger partial charge in [0.15, 0.2) is 0 Å². The summed E-state index contributed by atoms with van der Waals surface area (Å²) >= 11 is 0. The molecule has 0 fully saturated rings. The number of carbonyl (C=O) groups excluding carboxylic acids is 1. The predicted octanol–water partition coefficient (Wildman–Crippen LogP) is 3.30. The first-order valence-corrected chi connectivity index (χ1v) is 6.94. The predicted molar refractivity (Wildman–Crippen MR) is 85.9 cm³/mol. The zero-order valence-corrected chi connectivity index (χ0v) is 12.1. The third-order valence-electron chi connectivity index (χ3n) is 3.05. The van der Waals surface area contributed by atoms with Crippen molar-refractivity contribution in [2.75, 3.05) is 11.9 Å². The highest BCUT2D eigenvalue weighted by atomic mass is 16.1. The molecule has 2 rings (SSSR count). The molecule has 0 radical (unpaired) electrons. The molecule has 2 aromatic rings. The molecule has 0 unspecified atom stereocenters. The van der Waals surface area contributed by atoms with E-state index in [4.69, 9.17) is 0 Å². The van der Waals surface area contributed by atoms with Gasteiger partial charge in [0.2, 0.25) is 0 Å². The molecule has 4 nitrogen and oxygen atoms in total. The monoisotopic (exact) mass is 281 g/mol. The molecule has 0 saturated carbocycles. The van der Waals surface area contributed by atoms with E-state index < -0.39 is 0 Å². The lowest BCUT2D eigenvalue weighted by atomic mass is 10.1. The molecule has 2 N–H and O–H groups in total. The molecule has 1 aromatic heterocycles.